The van der Waals surface area contributed by atoms with Crippen molar-refractivity contribution in [2.24, 2.45) is 0 Å². The van der Waals surface area contributed by atoms with Crippen molar-refractivity contribution in [2.75, 3.05) is 6.61 Å². The van der Waals surface area contributed by atoms with Crippen molar-refractivity contribution in [1.82, 2.24) is 5.32 Å². The van der Waals surface area contributed by atoms with Crippen LogP contribution < -0.4 is 5.32 Å². The summed E-state index contributed by atoms with van der Waals surface area (Å²) in [5.74, 6) is -0.330. The van der Waals surface area contributed by atoms with E-state index in [1.807, 2.05) is 13.0 Å². The second-order valence-electron chi connectivity index (χ2n) is 4.27. The van der Waals surface area contributed by atoms with Crippen LogP contribution in [0.1, 0.15) is 24.5 Å². The van der Waals surface area contributed by atoms with E-state index in [0.29, 0.717) is 17.7 Å². The molecule has 1 aliphatic rings. The molecule has 2 rings (SSSR count). The van der Waals surface area contributed by atoms with Crippen LogP contribution >= 0.6 is 0 Å². The molecule has 1 fully saturated rings. The molecule has 90 valence electrons. The van der Waals surface area contributed by atoms with E-state index < -0.39 is 0 Å². The smallest absolute Gasteiger partial charge is 0.129 e. The predicted molar refractivity (Wildman–Crippen MR) is 61.8 cm³/mol. The second kappa shape index (κ2) is 5.26. The molecule has 1 N–H and O–H groups in total. The molecule has 0 bridgehead atoms. The Balaban J connectivity index is 1.97. The molecule has 0 aliphatic carbocycles. The maximum Gasteiger partial charge on any atom is 0.129 e. The van der Waals surface area contributed by atoms with E-state index in [2.05, 4.69) is 5.32 Å². The molecule has 2 atom stereocenters. The lowest BCUT2D eigenvalue weighted by molar-refractivity contribution is 0.113. The van der Waals surface area contributed by atoms with Gasteiger partial charge in [-0.25, -0.2) is 4.39 Å². The standard InChI is InChI=1S/C13H15FN2O/c1-9-13(4-5-17-9)16-8-11-3-2-10(7-15)6-12(11)14/h2-3,6,9,13,16H,4-5,8H2,1H3. The van der Waals surface area contributed by atoms with Crippen molar-refractivity contribution in [3.63, 3.8) is 0 Å². The molecule has 3 nitrogen and oxygen atoms in total. The Morgan fingerprint density at radius 1 is 1.59 bits per heavy atom. The molecule has 0 amide bonds. The van der Waals surface area contributed by atoms with Crippen molar-refractivity contribution < 1.29 is 9.13 Å². The van der Waals surface area contributed by atoms with E-state index in [-0.39, 0.29) is 18.0 Å². The highest BCUT2D eigenvalue weighted by atomic mass is 19.1. The largest absolute Gasteiger partial charge is 0.377 e. The highest BCUT2D eigenvalue weighted by Gasteiger charge is 2.23. The van der Waals surface area contributed by atoms with Crippen LogP contribution in [0, 0.1) is 17.1 Å². The summed E-state index contributed by atoms with van der Waals surface area (Å²) in [7, 11) is 0. The fourth-order valence-electron chi connectivity index (χ4n) is 2.00. The zero-order chi connectivity index (χ0) is 12.3. The first kappa shape index (κ1) is 12.0. The molecule has 0 spiro atoms. The maximum atomic E-state index is 13.6. The summed E-state index contributed by atoms with van der Waals surface area (Å²) in [6.45, 7) is 3.24. The lowest BCUT2D eigenvalue weighted by atomic mass is 10.1. The minimum absolute atomic E-state index is 0.177. The van der Waals surface area contributed by atoms with Crippen LogP contribution in [0.25, 0.3) is 0 Å². The van der Waals surface area contributed by atoms with Crippen LogP contribution in [-0.2, 0) is 11.3 Å². The fourth-order valence-corrected chi connectivity index (χ4v) is 2.00. The Hall–Kier alpha value is -1.44. The van der Waals surface area contributed by atoms with Gasteiger partial charge < -0.3 is 10.1 Å². The third-order valence-corrected chi connectivity index (χ3v) is 3.11. The second-order valence-corrected chi connectivity index (χ2v) is 4.27. The molecule has 0 saturated carbocycles. The summed E-state index contributed by atoms with van der Waals surface area (Å²) in [4.78, 5) is 0. The first-order valence-corrected chi connectivity index (χ1v) is 5.74. The summed E-state index contributed by atoms with van der Waals surface area (Å²) < 4.78 is 19.0. The van der Waals surface area contributed by atoms with Crippen LogP contribution in [0.5, 0.6) is 0 Å². The van der Waals surface area contributed by atoms with Gasteiger partial charge in [-0.15, -0.1) is 0 Å². The Bertz CT molecular complexity index is 442. The number of ether oxygens (including phenoxy) is 1. The van der Waals surface area contributed by atoms with Gasteiger partial charge >= 0.3 is 0 Å². The van der Waals surface area contributed by atoms with Crippen molar-refractivity contribution >= 4 is 0 Å². The summed E-state index contributed by atoms with van der Waals surface area (Å²) in [6.07, 6.45) is 1.13. The Morgan fingerprint density at radius 3 is 3.00 bits per heavy atom. The number of halogens is 1. The Kier molecular flexibility index (Phi) is 3.72. The zero-order valence-corrected chi connectivity index (χ0v) is 9.74. The minimum atomic E-state index is -0.330. The van der Waals surface area contributed by atoms with E-state index in [4.69, 9.17) is 10.00 Å². The maximum absolute atomic E-state index is 13.6. The third-order valence-electron chi connectivity index (χ3n) is 3.11. The van der Waals surface area contributed by atoms with Gasteiger partial charge in [0.15, 0.2) is 0 Å². The van der Waals surface area contributed by atoms with Crippen LogP contribution in [0.3, 0.4) is 0 Å². The molecule has 1 saturated heterocycles. The number of nitriles is 1. The van der Waals surface area contributed by atoms with Crippen molar-refractivity contribution in [1.29, 1.82) is 5.26 Å². The van der Waals surface area contributed by atoms with Crippen molar-refractivity contribution in [3.8, 4) is 6.07 Å². The van der Waals surface area contributed by atoms with Gasteiger partial charge in [0.25, 0.3) is 0 Å². The number of rotatable bonds is 3. The summed E-state index contributed by atoms with van der Waals surface area (Å²) in [5, 5.41) is 11.9. The van der Waals surface area contributed by atoms with E-state index in [1.54, 1.807) is 12.1 Å². The third kappa shape index (κ3) is 2.82. The topological polar surface area (TPSA) is 45.0 Å². The summed E-state index contributed by atoms with van der Waals surface area (Å²) >= 11 is 0. The van der Waals surface area contributed by atoms with E-state index in [0.717, 1.165) is 13.0 Å². The zero-order valence-electron chi connectivity index (χ0n) is 9.74. The Morgan fingerprint density at radius 2 is 2.41 bits per heavy atom. The minimum Gasteiger partial charge on any atom is -0.377 e. The van der Waals surface area contributed by atoms with Crippen LogP contribution in [0.4, 0.5) is 4.39 Å². The molecule has 1 aliphatic heterocycles. The molecule has 2 unspecified atom stereocenters. The molecule has 1 aromatic carbocycles. The van der Waals surface area contributed by atoms with E-state index in [1.165, 1.54) is 6.07 Å². The predicted octanol–water partition coefficient (Wildman–Crippen LogP) is 1.96. The number of benzene rings is 1. The van der Waals surface area contributed by atoms with Crippen LogP contribution in [-0.4, -0.2) is 18.8 Å². The lowest BCUT2D eigenvalue weighted by Crippen LogP contribution is -2.34. The molecule has 0 radical (unpaired) electrons. The van der Waals surface area contributed by atoms with Crippen molar-refractivity contribution in [2.45, 2.75) is 32.0 Å². The molecule has 1 heterocycles. The molecule has 1 aromatic rings. The first-order chi connectivity index (χ1) is 8.20. The Labute approximate surface area is 100 Å². The monoisotopic (exact) mass is 234 g/mol. The average Bonchev–Trinajstić information content (AvgIpc) is 2.73. The summed E-state index contributed by atoms with van der Waals surface area (Å²) in [6, 6.07) is 6.76. The van der Waals surface area contributed by atoms with Crippen LogP contribution in [0.2, 0.25) is 0 Å². The molecule has 17 heavy (non-hydrogen) atoms. The molecule has 4 heteroatoms. The van der Waals surface area contributed by atoms with Gasteiger partial charge in [0.1, 0.15) is 5.82 Å². The number of nitrogens with zero attached hydrogens (tertiary/aromatic N) is 1. The quantitative estimate of drug-likeness (QED) is 0.869. The van der Waals surface area contributed by atoms with Gasteiger partial charge in [-0.3, -0.25) is 0 Å². The lowest BCUT2D eigenvalue weighted by Gasteiger charge is -2.16. The van der Waals surface area contributed by atoms with Gasteiger partial charge in [0.2, 0.25) is 0 Å². The fraction of sp³-hybridized carbons (Fsp3) is 0.462. The highest BCUT2D eigenvalue weighted by Crippen LogP contribution is 2.15. The van der Waals surface area contributed by atoms with Gasteiger partial charge in [0.05, 0.1) is 17.7 Å². The average molecular weight is 234 g/mol. The highest BCUT2D eigenvalue weighted by molar-refractivity contribution is 5.32. The first-order valence-electron chi connectivity index (χ1n) is 5.74. The molecule has 0 aromatic heterocycles. The van der Waals surface area contributed by atoms with Gasteiger partial charge in [-0.1, -0.05) is 6.07 Å². The van der Waals surface area contributed by atoms with Gasteiger partial charge in [-0.05, 0) is 25.5 Å². The SMILES string of the molecule is CC1OCCC1NCc1ccc(C#N)cc1F. The van der Waals surface area contributed by atoms with Gasteiger partial charge in [-0.2, -0.15) is 5.26 Å². The van der Waals surface area contributed by atoms with Gasteiger partial charge in [0, 0.05) is 24.8 Å². The number of nitrogens with one attached hydrogen (secondary N) is 1. The molecular weight excluding hydrogens is 219 g/mol. The normalized spacial score (nSPS) is 23.6. The molecular formula is C13H15FN2O. The van der Waals surface area contributed by atoms with E-state index >= 15 is 0 Å². The number of hydrogen-bond donors (Lipinski definition) is 1. The van der Waals surface area contributed by atoms with Crippen molar-refractivity contribution in [3.05, 3.63) is 35.1 Å². The van der Waals surface area contributed by atoms with Crippen LogP contribution in [0.15, 0.2) is 18.2 Å². The number of hydrogen-bond acceptors (Lipinski definition) is 3. The summed E-state index contributed by atoms with van der Waals surface area (Å²) in [5.41, 5.74) is 0.937. The van der Waals surface area contributed by atoms with E-state index in [9.17, 15) is 4.39 Å².